The van der Waals surface area contributed by atoms with Gasteiger partial charge in [-0.25, -0.2) is 4.79 Å². The number of hydrogen-bond acceptors (Lipinski definition) is 2. The van der Waals surface area contributed by atoms with E-state index in [1.165, 1.54) is 11.3 Å². The zero-order chi connectivity index (χ0) is 11.5. The summed E-state index contributed by atoms with van der Waals surface area (Å²) in [6.07, 6.45) is 0. The Morgan fingerprint density at radius 1 is 1.25 bits per heavy atom. The Hall–Kier alpha value is -1.61. The van der Waals surface area contributed by atoms with Gasteiger partial charge in [-0.15, -0.1) is 11.3 Å². The summed E-state index contributed by atoms with van der Waals surface area (Å²) in [6.45, 7) is 2.03. The molecule has 1 N–H and O–H groups in total. The second-order valence-electron chi connectivity index (χ2n) is 3.64. The van der Waals surface area contributed by atoms with E-state index >= 15 is 0 Å². The van der Waals surface area contributed by atoms with Gasteiger partial charge in [-0.05, 0) is 22.6 Å². The molecular weight excluding hydrogens is 220 g/mol. The molecule has 0 spiro atoms. The van der Waals surface area contributed by atoms with Crippen LogP contribution in [0.4, 0.5) is 0 Å². The monoisotopic (exact) mass is 232 g/mol. The highest BCUT2D eigenvalue weighted by Crippen LogP contribution is 2.29. The number of benzene rings is 1. The number of thiophene rings is 1. The number of hydrogen-bond donors (Lipinski definition) is 1. The number of aromatic carboxylic acids is 1. The minimum Gasteiger partial charge on any atom is -0.477 e. The van der Waals surface area contributed by atoms with Crippen molar-refractivity contribution in [3.63, 3.8) is 0 Å². The van der Waals surface area contributed by atoms with E-state index < -0.39 is 5.97 Å². The molecule has 2 aromatic rings. The van der Waals surface area contributed by atoms with E-state index in [1.807, 2.05) is 48.7 Å². The maximum absolute atomic E-state index is 11.0. The minimum atomic E-state index is -0.840. The Morgan fingerprint density at radius 2 is 1.94 bits per heavy atom. The summed E-state index contributed by atoms with van der Waals surface area (Å²) in [4.78, 5) is 11.5. The van der Waals surface area contributed by atoms with Crippen molar-refractivity contribution in [1.29, 1.82) is 0 Å². The molecule has 16 heavy (non-hydrogen) atoms. The first kappa shape index (κ1) is 10.9. The molecule has 0 amide bonds. The van der Waals surface area contributed by atoms with Gasteiger partial charge in [0.15, 0.2) is 0 Å². The summed E-state index contributed by atoms with van der Waals surface area (Å²) < 4.78 is 0. The van der Waals surface area contributed by atoms with Gasteiger partial charge < -0.3 is 5.11 Å². The summed E-state index contributed by atoms with van der Waals surface area (Å²) in [5, 5.41) is 10.9. The smallest absolute Gasteiger partial charge is 0.346 e. The Kier molecular flexibility index (Phi) is 3.06. The molecule has 1 aromatic heterocycles. The number of carboxylic acid groups (broad SMARTS) is 1. The fourth-order valence-corrected chi connectivity index (χ4v) is 2.59. The fourth-order valence-electron chi connectivity index (χ4n) is 1.76. The van der Waals surface area contributed by atoms with Crippen LogP contribution in [-0.2, 0) is 0 Å². The fraction of sp³-hybridized carbons (Fsp3) is 0.154. The molecular formula is C13H12O2S. The van der Waals surface area contributed by atoms with Crippen LogP contribution in [0.1, 0.15) is 33.6 Å². The Morgan fingerprint density at radius 3 is 2.56 bits per heavy atom. The lowest BCUT2D eigenvalue weighted by molar-refractivity contribution is 0.0701. The number of carboxylic acids is 1. The largest absolute Gasteiger partial charge is 0.477 e. The van der Waals surface area contributed by atoms with Crippen LogP contribution in [-0.4, -0.2) is 11.1 Å². The zero-order valence-corrected chi connectivity index (χ0v) is 9.70. The van der Waals surface area contributed by atoms with E-state index in [0.717, 1.165) is 11.1 Å². The van der Waals surface area contributed by atoms with Crippen molar-refractivity contribution in [3.05, 3.63) is 57.8 Å². The van der Waals surface area contributed by atoms with Crippen molar-refractivity contribution in [2.24, 2.45) is 0 Å². The van der Waals surface area contributed by atoms with Crippen LogP contribution in [0.2, 0.25) is 0 Å². The summed E-state index contributed by atoms with van der Waals surface area (Å²) in [6, 6.07) is 11.8. The first-order chi connectivity index (χ1) is 7.70. The number of carbonyl (C=O) groups is 1. The van der Waals surface area contributed by atoms with Gasteiger partial charge in [-0.3, -0.25) is 0 Å². The predicted octanol–water partition coefficient (Wildman–Crippen LogP) is 3.60. The van der Waals surface area contributed by atoms with E-state index in [0.29, 0.717) is 4.88 Å². The second-order valence-corrected chi connectivity index (χ2v) is 4.56. The van der Waals surface area contributed by atoms with Crippen molar-refractivity contribution in [1.82, 2.24) is 0 Å². The highest BCUT2D eigenvalue weighted by molar-refractivity contribution is 7.12. The SMILES string of the molecule is C[C@H](c1ccccc1)c1ccsc1C(=O)O. The molecule has 0 fully saturated rings. The molecule has 0 radical (unpaired) electrons. The van der Waals surface area contributed by atoms with Crippen molar-refractivity contribution in [2.75, 3.05) is 0 Å². The van der Waals surface area contributed by atoms with Gasteiger partial charge >= 0.3 is 5.97 Å². The predicted molar refractivity (Wildman–Crippen MR) is 65.2 cm³/mol. The van der Waals surface area contributed by atoms with Crippen LogP contribution in [0.25, 0.3) is 0 Å². The molecule has 0 bridgehead atoms. The molecule has 1 atom stereocenters. The third-order valence-corrected chi connectivity index (χ3v) is 3.57. The van der Waals surface area contributed by atoms with Crippen LogP contribution < -0.4 is 0 Å². The van der Waals surface area contributed by atoms with E-state index in [-0.39, 0.29) is 5.92 Å². The van der Waals surface area contributed by atoms with Crippen molar-refractivity contribution in [3.8, 4) is 0 Å². The molecule has 0 saturated heterocycles. The lowest BCUT2D eigenvalue weighted by atomic mass is 9.94. The van der Waals surface area contributed by atoms with Crippen molar-refractivity contribution in [2.45, 2.75) is 12.8 Å². The average molecular weight is 232 g/mol. The maximum atomic E-state index is 11.0. The highest BCUT2D eigenvalue weighted by Gasteiger charge is 2.17. The molecule has 1 aromatic carbocycles. The van der Waals surface area contributed by atoms with Crippen LogP contribution in [0.15, 0.2) is 41.8 Å². The third-order valence-electron chi connectivity index (χ3n) is 2.66. The molecule has 0 saturated carbocycles. The standard InChI is InChI=1S/C13H12O2S/c1-9(10-5-3-2-4-6-10)11-7-8-16-12(11)13(14)15/h2-9H,1H3,(H,14,15)/t9-/m1/s1. The first-order valence-electron chi connectivity index (χ1n) is 5.05. The molecule has 2 rings (SSSR count). The molecule has 1 heterocycles. The molecule has 0 aliphatic rings. The van der Waals surface area contributed by atoms with Crippen LogP contribution in [0, 0.1) is 0 Å². The lowest BCUT2D eigenvalue weighted by Gasteiger charge is -2.11. The molecule has 0 aliphatic carbocycles. The Bertz CT molecular complexity index is 488. The minimum absolute atomic E-state index is 0.124. The molecule has 82 valence electrons. The van der Waals surface area contributed by atoms with Crippen molar-refractivity contribution >= 4 is 17.3 Å². The zero-order valence-electron chi connectivity index (χ0n) is 8.88. The van der Waals surface area contributed by atoms with Gasteiger partial charge in [0, 0.05) is 5.92 Å². The van der Waals surface area contributed by atoms with E-state index in [2.05, 4.69) is 0 Å². The van der Waals surface area contributed by atoms with Crippen LogP contribution >= 0.6 is 11.3 Å². The normalized spacial score (nSPS) is 12.3. The maximum Gasteiger partial charge on any atom is 0.346 e. The van der Waals surface area contributed by atoms with Gasteiger partial charge in [0.25, 0.3) is 0 Å². The molecule has 0 unspecified atom stereocenters. The van der Waals surface area contributed by atoms with Crippen LogP contribution in [0.3, 0.4) is 0 Å². The summed E-state index contributed by atoms with van der Waals surface area (Å²) in [5.41, 5.74) is 2.03. The van der Waals surface area contributed by atoms with Gasteiger partial charge in [-0.2, -0.15) is 0 Å². The van der Waals surface area contributed by atoms with Crippen LogP contribution in [0.5, 0.6) is 0 Å². The summed E-state index contributed by atoms with van der Waals surface area (Å²) >= 11 is 1.28. The average Bonchev–Trinajstić information content (AvgIpc) is 2.78. The third kappa shape index (κ3) is 1.99. The van der Waals surface area contributed by atoms with Gasteiger partial charge in [0.05, 0.1) is 0 Å². The second kappa shape index (κ2) is 4.49. The summed E-state index contributed by atoms with van der Waals surface area (Å²) in [7, 11) is 0. The van der Waals surface area contributed by atoms with Gasteiger partial charge in [-0.1, -0.05) is 37.3 Å². The van der Waals surface area contributed by atoms with E-state index in [9.17, 15) is 4.79 Å². The van der Waals surface area contributed by atoms with Gasteiger partial charge in [0.2, 0.25) is 0 Å². The molecule has 0 aliphatic heterocycles. The van der Waals surface area contributed by atoms with Gasteiger partial charge in [0.1, 0.15) is 4.88 Å². The quantitative estimate of drug-likeness (QED) is 0.878. The topological polar surface area (TPSA) is 37.3 Å². The molecule has 3 heteroatoms. The number of rotatable bonds is 3. The van der Waals surface area contributed by atoms with Crippen molar-refractivity contribution < 1.29 is 9.90 Å². The van der Waals surface area contributed by atoms with E-state index in [4.69, 9.17) is 5.11 Å². The first-order valence-corrected chi connectivity index (χ1v) is 5.93. The highest BCUT2D eigenvalue weighted by atomic mass is 32.1. The Balaban J connectivity index is 2.38. The Labute approximate surface area is 98.2 Å². The lowest BCUT2D eigenvalue weighted by Crippen LogP contribution is -2.02. The molecule has 2 nitrogen and oxygen atoms in total. The van der Waals surface area contributed by atoms with E-state index in [1.54, 1.807) is 0 Å². The summed E-state index contributed by atoms with van der Waals surface area (Å²) in [5.74, 6) is -0.716.